The first-order valence-corrected chi connectivity index (χ1v) is 11.3. The van der Waals surface area contributed by atoms with Gasteiger partial charge in [0.05, 0.1) is 6.61 Å². The summed E-state index contributed by atoms with van der Waals surface area (Å²) >= 11 is 0. The van der Waals surface area contributed by atoms with Crippen molar-refractivity contribution in [1.82, 2.24) is 0 Å². The second-order valence-corrected chi connectivity index (χ2v) is 10.2. The van der Waals surface area contributed by atoms with E-state index < -0.39 is 18.0 Å². The molecule has 2 rings (SSSR count). The second-order valence-electron chi connectivity index (χ2n) is 10.2. The number of aliphatic hydroxyl groups excluding tert-OH is 1. The minimum absolute atomic E-state index is 0.137. The van der Waals surface area contributed by atoms with Gasteiger partial charge in [0.15, 0.2) is 6.10 Å². The average molecular weight is 421 g/mol. The molecule has 170 valence electrons. The van der Waals surface area contributed by atoms with E-state index in [0.717, 1.165) is 30.8 Å². The summed E-state index contributed by atoms with van der Waals surface area (Å²) in [5, 5.41) is 9.31. The Hall–Kier alpha value is -1.62. The zero-order chi connectivity index (χ0) is 22.5. The summed E-state index contributed by atoms with van der Waals surface area (Å²) < 4.78 is 10.0. The lowest BCUT2D eigenvalue weighted by atomic mass is 9.47. The number of carbonyl (C=O) groups is 2. The van der Waals surface area contributed by atoms with Gasteiger partial charge in [0.2, 0.25) is 0 Å². The Morgan fingerprint density at radius 2 is 1.97 bits per heavy atom. The number of carbonyl (C=O) groups excluding carboxylic acids is 2. The van der Waals surface area contributed by atoms with Crippen LogP contribution in [-0.4, -0.2) is 36.4 Å². The molecule has 0 aromatic heterocycles. The predicted octanol–water partition coefficient (Wildman–Crippen LogP) is 4.98. The van der Waals surface area contributed by atoms with Crippen LogP contribution in [0.4, 0.5) is 0 Å². The van der Waals surface area contributed by atoms with Gasteiger partial charge >= 0.3 is 11.9 Å². The van der Waals surface area contributed by atoms with Gasteiger partial charge in [-0.2, -0.15) is 0 Å². The molecule has 1 N–H and O–H groups in total. The molecule has 0 unspecified atom stereocenters. The molecule has 2 fully saturated rings. The Bertz CT molecular complexity index is 677. The highest BCUT2D eigenvalue weighted by molar-refractivity contribution is 5.82. The van der Waals surface area contributed by atoms with E-state index in [0.29, 0.717) is 11.3 Å². The van der Waals surface area contributed by atoms with Crippen molar-refractivity contribution >= 4 is 11.9 Å². The molecule has 0 saturated heterocycles. The van der Waals surface area contributed by atoms with E-state index in [2.05, 4.69) is 27.4 Å². The van der Waals surface area contributed by atoms with Crippen molar-refractivity contribution in [3.05, 3.63) is 23.8 Å². The minimum atomic E-state index is -0.840. The maximum atomic E-state index is 12.2. The van der Waals surface area contributed by atoms with Crippen LogP contribution in [0.2, 0.25) is 0 Å². The van der Waals surface area contributed by atoms with Crippen molar-refractivity contribution in [1.29, 1.82) is 0 Å². The molecular weight excluding hydrogens is 380 g/mol. The molecule has 0 bridgehead atoms. The van der Waals surface area contributed by atoms with E-state index >= 15 is 0 Å². The van der Waals surface area contributed by atoms with Crippen molar-refractivity contribution in [2.45, 2.75) is 85.7 Å². The lowest BCUT2D eigenvalue weighted by molar-refractivity contribution is -0.156. The van der Waals surface area contributed by atoms with Gasteiger partial charge in [-0.1, -0.05) is 44.9 Å². The summed E-state index contributed by atoms with van der Waals surface area (Å²) in [6.07, 6.45) is 8.64. The number of ether oxygens (including phenoxy) is 2. The van der Waals surface area contributed by atoms with E-state index in [-0.39, 0.29) is 18.6 Å². The molecule has 5 heteroatoms. The molecular formula is C25H40O5. The largest absolute Gasteiger partial charge is 0.462 e. The second kappa shape index (κ2) is 10.1. The monoisotopic (exact) mass is 420 g/mol. The van der Waals surface area contributed by atoms with Gasteiger partial charge in [-0.05, 0) is 68.1 Å². The fraction of sp³-hybridized carbons (Fsp3) is 0.760. The number of rotatable bonds is 8. The summed E-state index contributed by atoms with van der Waals surface area (Å²) in [7, 11) is 0. The van der Waals surface area contributed by atoms with E-state index in [1.165, 1.54) is 44.3 Å². The number of hydrogen-bond acceptors (Lipinski definition) is 5. The van der Waals surface area contributed by atoms with Crippen molar-refractivity contribution in [2.24, 2.45) is 22.7 Å². The van der Waals surface area contributed by atoms with E-state index in [4.69, 9.17) is 9.47 Å². The molecule has 0 amide bonds. The number of hydrogen-bond donors (Lipinski definition) is 1. The molecule has 2 aliphatic carbocycles. The van der Waals surface area contributed by atoms with Crippen LogP contribution < -0.4 is 0 Å². The number of fused-ring (bicyclic) bond motifs is 1. The van der Waals surface area contributed by atoms with Crippen LogP contribution in [0.5, 0.6) is 0 Å². The summed E-state index contributed by atoms with van der Waals surface area (Å²) in [5.74, 6) is 0.213. The highest BCUT2D eigenvalue weighted by Gasteiger charge is 2.52. The SMILES string of the molecule is C=C1CC[C@@H]2C(C)(C)CCC[C@]2(C)[C@@H]1CC/C(C)=C/C(=O)O[C@@H](CO)COC(C)=O. The third kappa shape index (κ3) is 5.96. The molecule has 5 nitrogen and oxygen atoms in total. The topological polar surface area (TPSA) is 72.8 Å². The standard InChI is InChI=1S/C25H40O5/c1-17(14-23(28)30-20(15-26)16-29-19(3)27)8-10-21-18(2)9-11-22-24(4,5)12-7-13-25(21,22)6/h14,20-22,26H,2,7-13,15-16H2,1,3-6H3/b17-14+/t20-,21+,22+,25+/m0/s1. The minimum Gasteiger partial charge on any atom is -0.462 e. The van der Waals surface area contributed by atoms with Crippen LogP contribution in [0.15, 0.2) is 23.8 Å². The molecule has 2 aliphatic rings. The Labute approximate surface area is 181 Å². The van der Waals surface area contributed by atoms with Gasteiger partial charge in [0.25, 0.3) is 0 Å². The van der Waals surface area contributed by atoms with Gasteiger partial charge in [0, 0.05) is 13.0 Å². The molecule has 0 radical (unpaired) electrons. The summed E-state index contributed by atoms with van der Waals surface area (Å²) in [4.78, 5) is 23.1. The molecule has 0 spiro atoms. The van der Waals surface area contributed by atoms with Crippen molar-refractivity contribution in [3.63, 3.8) is 0 Å². The number of allylic oxidation sites excluding steroid dienone is 2. The van der Waals surface area contributed by atoms with Crippen molar-refractivity contribution in [2.75, 3.05) is 13.2 Å². The van der Waals surface area contributed by atoms with Crippen LogP contribution in [0, 0.1) is 22.7 Å². The molecule has 4 atom stereocenters. The maximum Gasteiger partial charge on any atom is 0.331 e. The summed E-state index contributed by atoms with van der Waals surface area (Å²) in [5.41, 5.74) is 2.98. The van der Waals surface area contributed by atoms with Crippen LogP contribution in [-0.2, 0) is 19.1 Å². The highest BCUT2D eigenvalue weighted by atomic mass is 16.6. The molecule has 0 heterocycles. The average Bonchev–Trinajstić information content (AvgIpc) is 2.63. The quantitative estimate of drug-likeness (QED) is 0.341. The fourth-order valence-corrected chi connectivity index (χ4v) is 5.99. The normalized spacial score (nSPS) is 29.7. The molecule has 0 aliphatic heterocycles. The van der Waals surface area contributed by atoms with Crippen LogP contribution in [0.1, 0.15) is 79.6 Å². The lowest BCUT2D eigenvalue weighted by Crippen LogP contribution is -2.49. The van der Waals surface area contributed by atoms with Gasteiger partial charge in [0.1, 0.15) is 6.61 Å². The Morgan fingerprint density at radius 3 is 2.60 bits per heavy atom. The third-order valence-electron chi connectivity index (χ3n) is 7.47. The summed E-state index contributed by atoms with van der Waals surface area (Å²) in [6, 6.07) is 0. The predicted molar refractivity (Wildman–Crippen MR) is 118 cm³/mol. The van der Waals surface area contributed by atoms with Crippen LogP contribution in [0.25, 0.3) is 0 Å². The summed E-state index contributed by atoms with van der Waals surface area (Å²) in [6.45, 7) is 14.4. The zero-order valence-electron chi connectivity index (χ0n) is 19.5. The van der Waals surface area contributed by atoms with Gasteiger partial charge < -0.3 is 14.6 Å². The maximum absolute atomic E-state index is 12.2. The Kier molecular flexibility index (Phi) is 8.32. The number of aliphatic hydroxyl groups is 1. The number of esters is 2. The van der Waals surface area contributed by atoms with Crippen molar-refractivity contribution < 1.29 is 24.2 Å². The van der Waals surface area contributed by atoms with Gasteiger partial charge in [-0.3, -0.25) is 4.79 Å². The molecule has 0 aromatic rings. The first-order chi connectivity index (χ1) is 14.0. The Morgan fingerprint density at radius 1 is 1.27 bits per heavy atom. The molecule has 30 heavy (non-hydrogen) atoms. The fourth-order valence-electron chi connectivity index (χ4n) is 5.99. The van der Waals surface area contributed by atoms with Gasteiger partial charge in [-0.25, -0.2) is 4.79 Å². The first kappa shape index (κ1) is 24.6. The Balaban J connectivity index is 1.98. The highest BCUT2D eigenvalue weighted by Crippen LogP contribution is 2.61. The van der Waals surface area contributed by atoms with Crippen molar-refractivity contribution in [3.8, 4) is 0 Å². The zero-order valence-corrected chi connectivity index (χ0v) is 19.5. The van der Waals surface area contributed by atoms with Gasteiger partial charge in [-0.15, -0.1) is 0 Å². The lowest BCUT2D eigenvalue weighted by Gasteiger charge is -2.58. The van der Waals surface area contributed by atoms with Crippen LogP contribution >= 0.6 is 0 Å². The third-order valence-corrected chi connectivity index (χ3v) is 7.47. The molecule has 2 saturated carbocycles. The van der Waals surface area contributed by atoms with E-state index in [9.17, 15) is 14.7 Å². The molecule has 0 aromatic carbocycles. The first-order valence-electron chi connectivity index (χ1n) is 11.3. The van der Waals surface area contributed by atoms with E-state index in [1.807, 2.05) is 6.92 Å². The van der Waals surface area contributed by atoms with E-state index in [1.54, 1.807) is 0 Å². The smallest absolute Gasteiger partial charge is 0.331 e. The van der Waals surface area contributed by atoms with Crippen LogP contribution in [0.3, 0.4) is 0 Å².